The van der Waals surface area contributed by atoms with Crippen molar-refractivity contribution in [2.24, 2.45) is 10.7 Å². The lowest BCUT2D eigenvalue weighted by molar-refractivity contribution is -0.116. The highest BCUT2D eigenvalue weighted by Crippen LogP contribution is 2.28. The van der Waals surface area contributed by atoms with Crippen molar-refractivity contribution in [3.63, 3.8) is 0 Å². The Bertz CT molecular complexity index is 1440. The molecule has 0 radical (unpaired) electrons. The predicted octanol–water partition coefficient (Wildman–Crippen LogP) is 4.18. The zero-order chi connectivity index (χ0) is 29.4. The van der Waals surface area contributed by atoms with Gasteiger partial charge in [-0.3, -0.25) is 24.4 Å². The normalized spacial score (nSPS) is 14.7. The molecule has 0 spiro atoms. The Morgan fingerprint density at radius 2 is 1.83 bits per heavy atom. The summed E-state index contributed by atoms with van der Waals surface area (Å²) < 4.78 is 0. The van der Waals surface area contributed by atoms with E-state index in [2.05, 4.69) is 38.7 Å². The first-order valence-electron chi connectivity index (χ1n) is 13.5. The van der Waals surface area contributed by atoms with Gasteiger partial charge in [-0.1, -0.05) is 24.8 Å². The van der Waals surface area contributed by atoms with E-state index >= 15 is 0 Å². The number of rotatable bonds is 9. The van der Waals surface area contributed by atoms with Gasteiger partial charge in [-0.05, 0) is 73.8 Å². The number of piperazine rings is 1. The molecule has 0 atom stereocenters. The second-order valence-corrected chi connectivity index (χ2v) is 10.1. The van der Waals surface area contributed by atoms with Gasteiger partial charge in [0.15, 0.2) is 0 Å². The third kappa shape index (κ3) is 7.75. The van der Waals surface area contributed by atoms with Crippen molar-refractivity contribution in [1.29, 1.82) is 0 Å². The Morgan fingerprint density at radius 1 is 1.10 bits per heavy atom. The van der Waals surface area contributed by atoms with Crippen molar-refractivity contribution in [2.75, 3.05) is 43.4 Å². The van der Waals surface area contributed by atoms with Crippen LogP contribution in [0.2, 0.25) is 0 Å². The van der Waals surface area contributed by atoms with Crippen LogP contribution in [0.5, 0.6) is 0 Å². The quantitative estimate of drug-likeness (QED) is 0.387. The second-order valence-electron chi connectivity index (χ2n) is 10.1. The number of hydrogen-bond donors (Lipinski definition) is 2. The smallest absolute Gasteiger partial charge is 0.255 e. The van der Waals surface area contributed by atoms with E-state index in [-0.39, 0.29) is 17.6 Å². The van der Waals surface area contributed by atoms with E-state index in [1.165, 1.54) is 23.6 Å². The highest BCUT2D eigenvalue weighted by Gasteiger charge is 2.19. The standard InChI is InChI=1S/C32H37N7O2/c1-23-7-12-29(36-32(41)27-10-8-26(9-11-27)22-38-18-16-37(4)17-19-38)20-31(23)39(25(3)40)24(2)35-30(13-14-33)28-6-5-15-34-21-28/h5-15,20-21H,2,16-19,22,33H2,1,3-4H3,(H,36,41)/b14-13-,35-30+. The fourth-order valence-electron chi connectivity index (χ4n) is 4.64. The van der Waals surface area contributed by atoms with Crippen molar-refractivity contribution >= 4 is 28.9 Å². The average molecular weight is 552 g/mol. The molecule has 41 heavy (non-hydrogen) atoms. The third-order valence-corrected chi connectivity index (χ3v) is 6.96. The summed E-state index contributed by atoms with van der Waals surface area (Å²) in [4.78, 5) is 40.8. The first-order valence-corrected chi connectivity index (χ1v) is 13.5. The van der Waals surface area contributed by atoms with Crippen molar-refractivity contribution in [2.45, 2.75) is 20.4 Å². The van der Waals surface area contributed by atoms with Crippen LogP contribution in [0.1, 0.15) is 34.0 Å². The summed E-state index contributed by atoms with van der Waals surface area (Å²) in [5.74, 6) is -0.301. The van der Waals surface area contributed by atoms with Crippen LogP contribution >= 0.6 is 0 Å². The lowest BCUT2D eigenvalue weighted by atomic mass is 10.1. The molecule has 0 unspecified atom stereocenters. The predicted molar refractivity (Wildman–Crippen MR) is 165 cm³/mol. The van der Waals surface area contributed by atoms with E-state index in [0.29, 0.717) is 22.6 Å². The molecule has 9 heteroatoms. The Morgan fingerprint density at radius 3 is 2.46 bits per heavy atom. The molecule has 3 N–H and O–H groups in total. The Labute approximate surface area is 241 Å². The molecular weight excluding hydrogens is 514 g/mol. The van der Waals surface area contributed by atoms with Crippen LogP contribution in [-0.2, 0) is 11.3 Å². The molecule has 1 aliphatic rings. The highest BCUT2D eigenvalue weighted by atomic mass is 16.2. The van der Waals surface area contributed by atoms with Crippen molar-refractivity contribution < 1.29 is 9.59 Å². The molecule has 2 amide bonds. The summed E-state index contributed by atoms with van der Waals surface area (Å²) in [7, 11) is 2.14. The molecule has 3 aromatic rings. The molecule has 4 rings (SSSR count). The average Bonchev–Trinajstić information content (AvgIpc) is 2.96. The number of aryl methyl sites for hydroxylation is 1. The number of allylic oxidation sites excluding steroid dienone is 1. The van der Waals surface area contributed by atoms with Gasteiger partial charge >= 0.3 is 0 Å². The van der Waals surface area contributed by atoms with Crippen LogP contribution in [0.4, 0.5) is 11.4 Å². The molecule has 0 saturated carbocycles. The summed E-state index contributed by atoms with van der Waals surface area (Å²) >= 11 is 0. The van der Waals surface area contributed by atoms with Gasteiger partial charge in [-0.15, -0.1) is 0 Å². The number of carbonyl (C=O) groups is 2. The summed E-state index contributed by atoms with van der Waals surface area (Å²) in [6.07, 6.45) is 6.32. The Hall–Kier alpha value is -4.60. The van der Waals surface area contributed by atoms with Crippen LogP contribution < -0.4 is 16.0 Å². The van der Waals surface area contributed by atoms with Gasteiger partial charge in [0.2, 0.25) is 5.91 Å². The summed E-state index contributed by atoms with van der Waals surface area (Å²) in [5, 5.41) is 2.96. The summed E-state index contributed by atoms with van der Waals surface area (Å²) in [6, 6.07) is 16.7. The zero-order valence-corrected chi connectivity index (χ0v) is 23.9. The van der Waals surface area contributed by atoms with Gasteiger partial charge in [0.25, 0.3) is 5.91 Å². The first kappa shape index (κ1) is 29.4. The number of nitrogens with two attached hydrogens (primary N) is 1. The van der Waals surface area contributed by atoms with Gasteiger partial charge in [0, 0.05) is 68.9 Å². The molecule has 9 nitrogen and oxygen atoms in total. The number of aromatic nitrogens is 1. The largest absolute Gasteiger partial charge is 0.405 e. The molecule has 1 fully saturated rings. The van der Waals surface area contributed by atoms with Gasteiger partial charge in [0.1, 0.15) is 5.82 Å². The fourth-order valence-corrected chi connectivity index (χ4v) is 4.64. The topological polar surface area (TPSA) is 107 Å². The zero-order valence-electron chi connectivity index (χ0n) is 23.9. The number of hydrogen-bond acceptors (Lipinski definition) is 7. The van der Waals surface area contributed by atoms with E-state index in [0.717, 1.165) is 43.9 Å². The van der Waals surface area contributed by atoms with Crippen molar-refractivity contribution in [1.82, 2.24) is 14.8 Å². The fraction of sp³-hybridized carbons (Fsp3) is 0.250. The van der Waals surface area contributed by atoms with E-state index < -0.39 is 0 Å². The van der Waals surface area contributed by atoms with E-state index in [1.807, 2.05) is 43.3 Å². The lowest BCUT2D eigenvalue weighted by Crippen LogP contribution is -2.43. The maximum Gasteiger partial charge on any atom is 0.255 e. The molecule has 212 valence electrons. The summed E-state index contributed by atoms with van der Waals surface area (Å²) in [5.41, 5.74) is 10.6. The second kappa shape index (κ2) is 13.6. The number of pyridine rings is 1. The van der Waals surface area contributed by atoms with Crippen LogP contribution in [0, 0.1) is 6.92 Å². The number of nitrogens with one attached hydrogen (secondary N) is 1. The minimum atomic E-state index is -0.275. The monoisotopic (exact) mass is 551 g/mol. The number of nitrogens with zero attached hydrogens (tertiary/aromatic N) is 5. The van der Waals surface area contributed by atoms with Gasteiger partial charge in [-0.25, -0.2) is 4.99 Å². The molecular formula is C32H37N7O2. The maximum absolute atomic E-state index is 13.1. The van der Waals surface area contributed by atoms with Crippen LogP contribution in [-0.4, -0.2) is 65.5 Å². The molecule has 2 aromatic carbocycles. The van der Waals surface area contributed by atoms with E-state index in [1.54, 1.807) is 36.7 Å². The number of aliphatic imine (C=N–C) groups is 1. The van der Waals surface area contributed by atoms with Gasteiger partial charge in [0.05, 0.1) is 11.4 Å². The molecule has 2 heterocycles. The molecule has 1 aliphatic heterocycles. The summed E-state index contributed by atoms with van der Waals surface area (Å²) in [6.45, 7) is 12.5. The number of carbonyl (C=O) groups excluding carboxylic acids is 2. The maximum atomic E-state index is 13.1. The minimum absolute atomic E-state index is 0.206. The molecule has 0 bridgehead atoms. The van der Waals surface area contributed by atoms with Gasteiger partial charge < -0.3 is 16.0 Å². The number of anilines is 2. The number of amides is 2. The van der Waals surface area contributed by atoms with Crippen LogP contribution in [0.25, 0.3) is 0 Å². The molecule has 1 saturated heterocycles. The van der Waals surface area contributed by atoms with Gasteiger partial charge in [-0.2, -0.15) is 0 Å². The Balaban J connectivity index is 1.51. The Kier molecular flexibility index (Phi) is 9.78. The van der Waals surface area contributed by atoms with E-state index in [4.69, 9.17) is 5.73 Å². The number of benzene rings is 2. The SMILES string of the molecule is C=C(/N=C(\C=C/N)c1cccnc1)N(C(C)=O)c1cc(NC(=O)c2ccc(CN3CCN(C)CC3)cc2)ccc1C. The first-order chi connectivity index (χ1) is 19.7. The molecule has 0 aliphatic carbocycles. The third-order valence-electron chi connectivity index (χ3n) is 6.96. The van der Waals surface area contributed by atoms with Crippen LogP contribution in [0.15, 0.2) is 96.7 Å². The molecule has 1 aromatic heterocycles. The number of likely N-dealkylation sites (N-methyl/N-ethyl adjacent to an activating group) is 1. The lowest BCUT2D eigenvalue weighted by Gasteiger charge is -2.32. The van der Waals surface area contributed by atoms with E-state index in [9.17, 15) is 9.59 Å². The van der Waals surface area contributed by atoms with Crippen LogP contribution in [0.3, 0.4) is 0 Å². The highest BCUT2D eigenvalue weighted by molar-refractivity contribution is 6.10. The van der Waals surface area contributed by atoms with Crippen molar-refractivity contribution in [3.05, 3.63) is 114 Å². The van der Waals surface area contributed by atoms with Crippen molar-refractivity contribution in [3.8, 4) is 0 Å². The minimum Gasteiger partial charge on any atom is -0.405 e.